The van der Waals surface area contributed by atoms with Crippen LogP contribution >= 0.6 is 11.3 Å². The van der Waals surface area contributed by atoms with Gasteiger partial charge < -0.3 is 5.32 Å². The first-order chi connectivity index (χ1) is 14.0. The van der Waals surface area contributed by atoms with Gasteiger partial charge in [0.1, 0.15) is 6.54 Å². The van der Waals surface area contributed by atoms with E-state index in [1.807, 2.05) is 6.92 Å². The van der Waals surface area contributed by atoms with Gasteiger partial charge in [-0.1, -0.05) is 43.7 Å². The van der Waals surface area contributed by atoms with Crippen molar-refractivity contribution in [1.82, 2.24) is 19.2 Å². The van der Waals surface area contributed by atoms with E-state index >= 15 is 0 Å². The second kappa shape index (κ2) is 8.00. The fourth-order valence-electron chi connectivity index (χ4n) is 3.20. The molecule has 148 valence electrons. The lowest BCUT2D eigenvalue weighted by Gasteiger charge is -2.02. The number of rotatable bonds is 6. The molecular formula is C21H21N5O2S. The molecule has 1 N–H and O–H groups in total. The second-order valence-corrected chi connectivity index (χ2v) is 7.99. The summed E-state index contributed by atoms with van der Waals surface area (Å²) in [7, 11) is 0. The largest absolute Gasteiger partial charge is 0.350 e. The number of hydrogen-bond donors (Lipinski definition) is 1. The normalized spacial score (nSPS) is 11.1. The predicted molar refractivity (Wildman–Crippen MR) is 114 cm³/mol. The predicted octanol–water partition coefficient (Wildman–Crippen LogP) is 3.52. The first-order valence-corrected chi connectivity index (χ1v) is 10.3. The Bertz CT molecular complexity index is 1220. The summed E-state index contributed by atoms with van der Waals surface area (Å²) >= 11 is 1.42. The maximum Gasteiger partial charge on any atom is 0.350 e. The monoisotopic (exact) mass is 407 g/mol. The quantitative estimate of drug-likeness (QED) is 0.530. The molecule has 0 spiro atoms. The lowest BCUT2D eigenvalue weighted by atomic mass is 10.1. The van der Waals surface area contributed by atoms with E-state index in [1.165, 1.54) is 21.3 Å². The number of aromatic nitrogens is 4. The minimum Gasteiger partial charge on any atom is -0.300 e. The van der Waals surface area contributed by atoms with Gasteiger partial charge in [0, 0.05) is 16.6 Å². The van der Waals surface area contributed by atoms with Gasteiger partial charge in [-0.15, -0.1) is 16.4 Å². The van der Waals surface area contributed by atoms with E-state index in [0.29, 0.717) is 10.8 Å². The minimum atomic E-state index is -0.348. The molecule has 1 aromatic carbocycles. The van der Waals surface area contributed by atoms with Crippen LogP contribution in [0.1, 0.15) is 23.8 Å². The van der Waals surface area contributed by atoms with E-state index in [2.05, 4.69) is 46.6 Å². The Morgan fingerprint density at radius 2 is 1.97 bits per heavy atom. The molecule has 4 aromatic rings. The van der Waals surface area contributed by atoms with Crippen molar-refractivity contribution in [3.63, 3.8) is 0 Å². The van der Waals surface area contributed by atoms with Crippen LogP contribution in [0.25, 0.3) is 16.9 Å². The van der Waals surface area contributed by atoms with E-state index < -0.39 is 0 Å². The number of carbonyl (C=O) groups is 1. The summed E-state index contributed by atoms with van der Waals surface area (Å²) in [5, 5.41) is 7.47. The molecule has 0 atom stereocenters. The molecule has 0 saturated heterocycles. The second-order valence-electron chi connectivity index (χ2n) is 6.79. The Morgan fingerprint density at radius 1 is 1.17 bits per heavy atom. The minimum absolute atomic E-state index is 0.166. The van der Waals surface area contributed by atoms with Crippen LogP contribution in [0, 0.1) is 6.92 Å². The lowest BCUT2D eigenvalue weighted by molar-refractivity contribution is -0.117. The summed E-state index contributed by atoms with van der Waals surface area (Å²) < 4.78 is 2.56. The fraction of sp³-hybridized carbons (Fsp3) is 0.238. The zero-order valence-electron chi connectivity index (χ0n) is 16.3. The fourth-order valence-corrected chi connectivity index (χ4v) is 4.05. The number of pyridine rings is 1. The first kappa shape index (κ1) is 19.1. The average Bonchev–Trinajstić information content (AvgIpc) is 3.22. The van der Waals surface area contributed by atoms with Crippen LogP contribution < -0.4 is 11.0 Å². The first-order valence-electron chi connectivity index (χ1n) is 9.46. The van der Waals surface area contributed by atoms with Crippen LogP contribution in [0.2, 0.25) is 0 Å². The number of hydrogen-bond acceptors (Lipinski definition) is 5. The highest BCUT2D eigenvalue weighted by molar-refractivity contribution is 7.16. The molecule has 0 aliphatic carbocycles. The van der Waals surface area contributed by atoms with Gasteiger partial charge in [-0.05, 0) is 31.0 Å². The van der Waals surface area contributed by atoms with Crippen molar-refractivity contribution in [2.45, 2.75) is 33.2 Å². The van der Waals surface area contributed by atoms with Gasteiger partial charge >= 0.3 is 5.69 Å². The van der Waals surface area contributed by atoms with Gasteiger partial charge in [0.2, 0.25) is 5.91 Å². The molecule has 1 amide bonds. The van der Waals surface area contributed by atoms with Gasteiger partial charge in [0.05, 0.1) is 5.69 Å². The molecule has 7 nitrogen and oxygen atoms in total. The van der Waals surface area contributed by atoms with Crippen molar-refractivity contribution >= 4 is 28.0 Å². The Balaban J connectivity index is 1.49. The number of carbonyl (C=O) groups excluding carboxylic acids is 1. The molecule has 29 heavy (non-hydrogen) atoms. The third-order valence-electron chi connectivity index (χ3n) is 4.59. The molecule has 0 radical (unpaired) electrons. The molecule has 0 aliphatic rings. The molecule has 0 bridgehead atoms. The highest BCUT2D eigenvalue weighted by atomic mass is 32.1. The van der Waals surface area contributed by atoms with Crippen molar-refractivity contribution in [2.75, 3.05) is 5.32 Å². The van der Waals surface area contributed by atoms with Crippen LogP contribution in [0.3, 0.4) is 0 Å². The zero-order valence-corrected chi connectivity index (χ0v) is 17.1. The molecular weight excluding hydrogens is 386 g/mol. The summed E-state index contributed by atoms with van der Waals surface area (Å²) in [5.41, 5.74) is 3.34. The van der Waals surface area contributed by atoms with E-state index in [9.17, 15) is 9.59 Å². The van der Waals surface area contributed by atoms with E-state index in [1.54, 1.807) is 24.4 Å². The van der Waals surface area contributed by atoms with Gasteiger partial charge in [-0.25, -0.2) is 14.5 Å². The van der Waals surface area contributed by atoms with E-state index in [-0.39, 0.29) is 18.1 Å². The standard InChI is InChI=1S/C21H21N5O2S/c1-3-6-15-8-10-16(11-9-15)19-14(2)29-20(23-19)22-18(27)13-26-21(28)25-12-5-4-7-17(25)24-26/h4-5,7-12H,3,6,13H2,1-2H3,(H,22,23,27). The SMILES string of the molecule is CCCc1ccc(-c2nc(NC(=O)Cn3nc4ccccn4c3=O)sc2C)cc1. The van der Waals surface area contributed by atoms with Gasteiger partial charge in [0.15, 0.2) is 10.8 Å². The van der Waals surface area contributed by atoms with E-state index in [0.717, 1.165) is 33.7 Å². The summed E-state index contributed by atoms with van der Waals surface area (Å²) in [4.78, 5) is 30.3. The van der Waals surface area contributed by atoms with Gasteiger partial charge in [-0.3, -0.25) is 9.20 Å². The third kappa shape index (κ3) is 3.97. The maximum atomic E-state index is 12.4. The molecule has 0 fully saturated rings. The molecule has 4 rings (SSSR count). The summed E-state index contributed by atoms with van der Waals surface area (Å²) in [6.45, 7) is 3.98. The topological polar surface area (TPSA) is 81.3 Å². The van der Waals surface area contributed by atoms with Crippen molar-refractivity contribution in [3.8, 4) is 11.3 Å². The number of nitrogens with one attached hydrogen (secondary N) is 1. The van der Waals surface area contributed by atoms with Crippen LogP contribution in [0.4, 0.5) is 5.13 Å². The molecule has 0 unspecified atom stereocenters. The van der Waals surface area contributed by atoms with Crippen molar-refractivity contribution in [2.24, 2.45) is 0 Å². The number of amides is 1. The van der Waals surface area contributed by atoms with E-state index in [4.69, 9.17) is 0 Å². The number of thiazole rings is 1. The lowest BCUT2D eigenvalue weighted by Crippen LogP contribution is -2.28. The number of nitrogens with zero attached hydrogens (tertiary/aromatic N) is 4. The van der Waals surface area contributed by atoms with Crippen LogP contribution in [-0.4, -0.2) is 25.1 Å². The zero-order chi connectivity index (χ0) is 20.4. The summed E-state index contributed by atoms with van der Waals surface area (Å²) in [6.07, 6.45) is 3.79. The Labute approximate surface area is 171 Å². The Morgan fingerprint density at radius 3 is 2.69 bits per heavy atom. The van der Waals surface area contributed by atoms with Crippen molar-refractivity contribution in [1.29, 1.82) is 0 Å². The van der Waals surface area contributed by atoms with Crippen LogP contribution in [0.15, 0.2) is 53.5 Å². The van der Waals surface area contributed by atoms with Gasteiger partial charge in [0.25, 0.3) is 0 Å². The smallest absolute Gasteiger partial charge is 0.300 e. The average molecular weight is 407 g/mol. The number of anilines is 1. The molecule has 8 heteroatoms. The molecule has 3 heterocycles. The van der Waals surface area contributed by atoms with Crippen molar-refractivity contribution < 1.29 is 4.79 Å². The Kier molecular flexibility index (Phi) is 5.26. The van der Waals surface area contributed by atoms with Crippen molar-refractivity contribution in [3.05, 3.63) is 69.6 Å². The summed E-state index contributed by atoms with van der Waals surface area (Å²) in [6, 6.07) is 13.6. The maximum absolute atomic E-state index is 12.4. The summed E-state index contributed by atoms with van der Waals surface area (Å²) in [5.74, 6) is -0.339. The highest BCUT2D eigenvalue weighted by Crippen LogP contribution is 2.30. The number of aryl methyl sites for hydroxylation is 2. The number of fused-ring (bicyclic) bond motifs is 1. The highest BCUT2D eigenvalue weighted by Gasteiger charge is 2.14. The van der Waals surface area contributed by atoms with Crippen LogP contribution in [-0.2, 0) is 17.8 Å². The molecule has 3 aromatic heterocycles. The van der Waals surface area contributed by atoms with Crippen LogP contribution in [0.5, 0.6) is 0 Å². The molecule has 0 aliphatic heterocycles. The third-order valence-corrected chi connectivity index (χ3v) is 5.48. The molecule has 0 saturated carbocycles. The Hall–Kier alpha value is -3.26. The number of benzene rings is 1. The van der Waals surface area contributed by atoms with Gasteiger partial charge in [-0.2, -0.15) is 0 Å².